The number of rotatable bonds is 1. The third-order valence-electron chi connectivity index (χ3n) is 7.19. The van der Waals surface area contributed by atoms with Crippen molar-refractivity contribution in [2.75, 3.05) is 0 Å². The second kappa shape index (κ2) is 6.46. The number of fused-ring (bicyclic) bond motifs is 8. The fourth-order valence-electron chi connectivity index (χ4n) is 5.46. The maximum absolute atomic E-state index is 6.17. The Balaban J connectivity index is 1.68. The van der Waals surface area contributed by atoms with E-state index in [2.05, 4.69) is 103 Å². The molecule has 0 spiro atoms. The fraction of sp³-hybridized carbons (Fsp3) is 0.100. The molecule has 0 saturated carbocycles. The van der Waals surface area contributed by atoms with Crippen LogP contribution in [-0.2, 0) is 7.05 Å². The molecule has 0 radical (unpaired) electrons. The van der Waals surface area contributed by atoms with Gasteiger partial charge >= 0.3 is 0 Å². The fourth-order valence-corrected chi connectivity index (χ4v) is 5.46. The van der Waals surface area contributed by atoms with Crippen LogP contribution in [0.4, 0.5) is 0 Å². The molecule has 33 heavy (non-hydrogen) atoms. The third kappa shape index (κ3) is 2.42. The number of benzene rings is 5. The second-order valence-electron chi connectivity index (χ2n) is 8.99. The molecule has 3 heteroatoms. The molecule has 0 unspecified atom stereocenters. The number of aromatic nitrogens is 2. The van der Waals surface area contributed by atoms with Crippen LogP contribution in [0.1, 0.15) is 11.4 Å². The van der Waals surface area contributed by atoms with Gasteiger partial charge in [-0.25, -0.2) is 4.57 Å². The van der Waals surface area contributed by atoms with Crippen LogP contribution < -0.4 is 4.57 Å². The van der Waals surface area contributed by atoms with Crippen LogP contribution in [0.2, 0.25) is 0 Å². The van der Waals surface area contributed by atoms with Crippen LogP contribution in [0.5, 0.6) is 0 Å². The first-order valence-corrected chi connectivity index (χ1v) is 11.4. The predicted molar refractivity (Wildman–Crippen MR) is 136 cm³/mol. The first-order valence-electron chi connectivity index (χ1n) is 11.4. The monoisotopic (exact) mass is 427 g/mol. The number of furan rings is 1. The molecular weight excluding hydrogens is 404 g/mol. The molecule has 2 aromatic heterocycles. The molecule has 0 fully saturated rings. The zero-order valence-electron chi connectivity index (χ0n) is 18.9. The van der Waals surface area contributed by atoms with E-state index in [1.807, 2.05) is 12.1 Å². The van der Waals surface area contributed by atoms with E-state index in [0.717, 1.165) is 16.6 Å². The van der Waals surface area contributed by atoms with Crippen LogP contribution >= 0.6 is 0 Å². The van der Waals surface area contributed by atoms with Crippen LogP contribution in [0, 0.1) is 13.8 Å². The largest absolute Gasteiger partial charge is 0.456 e. The van der Waals surface area contributed by atoms with Gasteiger partial charge in [0.25, 0.3) is 5.82 Å². The molecule has 0 amide bonds. The average Bonchev–Trinajstić information content (AvgIpc) is 3.32. The van der Waals surface area contributed by atoms with Gasteiger partial charge in [-0.15, -0.1) is 0 Å². The van der Waals surface area contributed by atoms with Gasteiger partial charge in [0.2, 0.25) is 0 Å². The maximum atomic E-state index is 6.17. The highest BCUT2D eigenvalue weighted by molar-refractivity contribution is 6.21. The average molecular weight is 428 g/mol. The molecule has 2 heterocycles. The van der Waals surface area contributed by atoms with Gasteiger partial charge in [-0.1, -0.05) is 48.5 Å². The summed E-state index contributed by atoms with van der Waals surface area (Å²) >= 11 is 0. The summed E-state index contributed by atoms with van der Waals surface area (Å²) in [5.74, 6) is 1.21. The van der Waals surface area contributed by atoms with Crippen LogP contribution in [0.25, 0.3) is 60.2 Å². The molecule has 0 aliphatic carbocycles. The minimum Gasteiger partial charge on any atom is -0.456 e. The highest BCUT2D eigenvalue weighted by atomic mass is 16.3. The van der Waals surface area contributed by atoms with Gasteiger partial charge in [0, 0.05) is 23.1 Å². The summed E-state index contributed by atoms with van der Waals surface area (Å²) in [4.78, 5) is 0. The minimum atomic E-state index is 0.935. The highest BCUT2D eigenvalue weighted by Gasteiger charge is 2.25. The van der Waals surface area contributed by atoms with E-state index in [4.69, 9.17) is 4.42 Å². The van der Waals surface area contributed by atoms with Crippen LogP contribution in [-0.4, -0.2) is 4.57 Å². The molecule has 158 valence electrons. The first kappa shape index (κ1) is 18.5. The molecule has 0 bridgehead atoms. The first-order chi connectivity index (χ1) is 16.1. The van der Waals surface area contributed by atoms with E-state index in [-0.39, 0.29) is 0 Å². The Bertz CT molecular complexity index is 1900. The molecule has 5 aromatic carbocycles. The topological polar surface area (TPSA) is 21.9 Å². The van der Waals surface area contributed by atoms with Gasteiger partial charge in [-0.3, -0.25) is 0 Å². The summed E-state index contributed by atoms with van der Waals surface area (Å²) in [5.41, 5.74) is 6.84. The van der Waals surface area contributed by atoms with Crippen LogP contribution in [0.15, 0.2) is 89.3 Å². The summed E-state index contributed by atoms with van der Waals surface area (Å²) in [6, 6.07) is 30.4. The Hall–Kier alpha value is -4.11. The third-order valence-corrected chi connectivity index (χ3v) is 7.19. The number of hydrogen-bond acceptors (Lipinski definition) is 1. The maximum Gasteiger partial charge on any atom is 0.259 e. The van der Waals surface area contributed by atoms with E-state index in [1.54, 1.807) is 0 Å². The number of aryl methyl sites for hydroxylation is 2. The van der Waals surface area contributed by atoms with Crippen molar-refractivity contribution in [3.05, 3.63) is 96.3 Å². The molecule has 7 aromatic rings. The van der Waals surface area contributed by atoms with Crippen molar-refractivity contribution in [1.82, 2.24) is 4.57 Å². The van der Waals surface area contributed by atoms with Crippen molar-refractivity contribution >= 4 is 54.5 Å². The lowest BCUT2D eigenvalue weighted by Crippen LogP contribution is -2.31. The summed E-state index contributed by atoms with van der Waals surface area (Å²) in [7, 11) is 2.18. The summed E-state index contributed by atoms with van der Waals surface area (Å²) in [6.07, 6.45) is 0. The SMILES string of the molecule is Cc1ccccc1-n1c(C)[n+](C)c2c3c(ccc4cc5oc6ccccc6c5cc43)ccc21. The summed E-state index contributed by atoms with van der Waals surface area (Å²) in [6.45, 7) is 4.38. The van der Waals surface area contributed by atoms with Crippen molar-refractivity contribution in [2.45, 2.75) is 13.8 Å². The molecule has 0 N–H and O–H groups in total. The van der Waals surface area contributed by atoms with Gasteiger partial charge in [0.15, 0.2) is 11.0 Å². The van der Waals surface area contributed by atoms with Crippen molar-refractivity contribution < 1.29 is 8.98 Å². The zero-order valence-corrected chi connectivity index (χ0v) is 18.9. The lowest BCUT2D eigenvalue weighted by Gasteiger charge is -2.06. The number of para-hydroxylation sites is 2. The van der Waals surface area contributed by atoms with Crippen molar-refractivity contribution in [2.24, 2.45) is 7.05 Å². The smallest absolute Gasteiger partial charge is 0.259 e. The van der Waals surface area contributed by atoms with Crippen LogP contribution in [0.3, 0.4) is 0 Å². The number of hydrogen-bond donors (Lipinski definition) is 0. The molecule has 0 saturated heterocycles. The Morgan fingerprint density at radius 3 is 2.33 bits per heavy atom. The van der Waals surface area contributed by atoms with Gasteiger partial charge in [-0.2, -0.15) is 4.57 Å². The van der Waals surface area contributed by atoms with E-state index in [9.17, 15) is 0 Å². The lowest BCUT2D eigenvalue weighted by atomic mass is 9.98. The Kier molecular flexibility index (Phi) is 3.61. The van der Waals surface area contributed by atoms with Gasteiger partial charge in [0.1, 0.15) is 16.9 Å². The standard InChI is InChI=1S/C30H23N2O/c1-18-8-4-6-10-25(18)32-19(2)31(3)30-26(32)15-14-20-12-13-21-16-28-24(17-23(21)29(20)30)22-9-5-7-11-27(22)33-28/h4-17H,1-3H3/q+1. The quantitative estimate of drug-likeness (QED) is 0.199. The molecule has 7 rings (SSSR count). The number of nitrogens with zero attached hydrogens (tertiary/aromatic N) is 2. The van der Waals surface area contributed by atoms with Crippen molar-refractivity contribution in [1.29, 1.82) is 0 Å². The van der Waals surface area contributed by atoms with Gasteiger partial charge < -0.3 is 4.42 Å². The minimum absolute atomic E-state index is 0.935. The molecule has 0 aliphatic heterocycles. The Labute approximate surface area is 191 Å². The molecule has 3 nitrogen and oxygen atoms in total. The van der Waals surface area contributed by atoms with E-state index in [0.29, 0.717) is 0 Å². The van der Waals surface area contributed by atoms with Gasteiger partial charge in [0.05, 0.1) is 7.05 Å². The van der Waals surface area contributed by atoms with Crippen molar-refractivity contribution in [3.8, 4) is 5.69 Å². The predicted octanol–water partition coefficient (Wildman–Crippen LogP) is 7.28. The summed E-state index contributed by atoms with van der Waals surface area (Å²) < 4.78 is 10.9. The zero-order chi connectivity index (χ0) is 22.3. The second-order valence-corrected chi connectivity index (χ2v) is 8.99. The highest BCUT2D eigenvalue weighted by Crippen LogP contribution is 2.37. The number of imidazole rings is 1. The lowest BCUT2D eigenvalue weighted by molar-refractivity contribution is -0.651. The molecular formula is C30H23N2O+. The summed E-state index contributed by atoms with van der Waals surface area (Å²) in [5, 5.41) is 7.32. The van der Waals surface area contributed by atoms with Crippen molar-refractivity contribution in [3.63, 3.8) is 0 Å². The van der Waals surface area contributed by atoms with E-state index < -0.39 is 0 Å². The van der Waals surface area contributed by atoms with E-state index >= 15 is 0 Å². The Morgan fingerprint density at radius 1 is 0.697 bits per heavy atom. The van der Waals surface area contributed by atoms with Gasteiger partial charge in [-0.05, 0) is 65.0 Å². The molecule has 0 atom stereocenters. The molecule has 0 aliphatic rings. The normalized spacial score (nSPS) is 12.1. The van der Waals surface area contributed by atoms with E-state index in [1.165, 1.54) is 55.0 Å². The Morgan fingerprint density at radius 2 is 1.45 bits per heavy atom.